The molecule has 0 fully saturated rings. The van der Waals surface area contributed by atoms with E-state index in [0.717, 1.165) is 11.3 Å². The Kier molecular flexibility index (Phi) is 19.0. The Bertz CT molecular complexity index is 544. The van der Waals surface area contributed by atoms with Gasteiger partial charge in [-0.1, -0.05) is 18.1 Å². The van der Waals surface area contributed by atoms with Crippen molar-refractivity contribution in [3.05, 3.63) is 29.8 Å². The van der Waals surface area contributed by atoms with Gasteiger partial charge < -0.3 is 37.9 Å². The number of ether oxygens (including phenoxy) is 8. The minimum absolute atomic E-state index is 0.314. The third-order valence-electron chi connectivity index (χ3n) is 3.85. The molecule has 1 rings (SSSR count). The number of terminal acetylenes is 1. The van der Waals surface area contributed by atoms with E-state index in [1.165, 1.54) is 0 Å². The molecular formula is C23H36O8. The first-order valence-electron chi connectivity index (χ1n) is 10.5. The Labute approximate surface area is 186 Å². The molecule has 0 aliphatic rings. The molecule has 0 amide bonds. The molecule has 0 saturated carbocycles. The topological polar surface area (TPSA) is 73.8 Å². The van der Waals surface area contributed by atoms with E-state index in [4.69, 9.17) is 44.3 Å². The summed E-state index contributed by atoms with van der Waals surface area (Å²) in [6.45, 7) is 7.16. The zero-order valence-electron chi connectivity index (χ0n) is 18.6. The number of rotatable bonds is 22. The number of hydrogen-bond acceptors (Lipinski definition) is 8. The van der Waals surface area contributed by atoms with Crippen LogP contribution in [0.15, 0.2) is 24.3 Å². The molecule has 0 unspecified atom stereocenters. The van der Waals surface area contributed by atoms with Crippen LogP contribution < -0.4 is 4.74 Å². The molecule has 8 heteroatoms. The fourth-order valence-corrected chi connectivity index (χ4v) is 2.26. The van der Waals surface area contributed by atoms with Crippen molar-refractivity contribution < 1.29 is 37.9 Å². The highest BCUT2D eigenvalue weighted by Gasteiger charge is 1.96. The molecule has 0 aromatic heterocycles. The maximum atomic E-state index is 5.57. The number of benzene rings is 1. The third kappa shape index (κ3) is 17.7. The van der Waals surface area contributed by atoms with Gasteiger partial charge in [0.05, 0.1) is 93.0 Å². The summed E-state index contributed by atoms with van der Waals surface area (Å²) in [5.74, 6) is 3.23. The van der Waals surface area contributed by atoms with Gasteiger partial charge in [-0.05, 0) is 17.7 Å². The van der Waals surface area contributed by atoms with Gasteiger partial charge in [-0.3, -0.25) is 0 Å². The summed E-state index contributed by atoms with van der Waals surface area (Å²) in [6.07, 6.45) is 5.06. The molecule has 176 valence electrons. The summed E-state index contributed by atoms with van der Waals surface area (Å²) in [5, 5.41) is 0. The van der Waals surface area contributed by atoms with Crippen molar-refractivity contribution in [2.45, 2.75) is 6.61 Å². The van der Waals surface area contributed by atoms with Crippen molar-refractivity contribution in [1.82, 2.24) is 0 Å². The van der Waals surface area contributed by atoms with Gasteiger partial charge in [0.25, 0.3) is 0 Å². The monoisotopic (exact) mass is 440 g/mol. The van der Waals surface area contributed by atoms with Gasteiger partial charge in [0.1, 0.15) is 12.4 Å². The molecule has 0 saturated heterocycles. The van der Waals surface area contributed by atoms with E-state index in [1.807, 2.05) is 24.3 Å². The standard InChI is InChI=1S/C23H36O8/c1-3-8-25-9-10-26-11-12-27-13-14-28-15-16-29-17-18-30-19-20-31-21-22-4-6-23(24-2)7-5-22/h1,4-7H,8-21H2,2H3. The van der Waals surface area contributed by atoms with E-state index in [-0.39, 0.29) is 0 Å². The van der Waals surface area contributed by atoms with E-state index < -0.39 is 0 Å². The molecule has 1 aromatic carbocycles. The number of hydrogen-bond donors (Lipinski definition) is 0. The van der Waals surface area contributed by atoms with Gasteiger partial charge in [0.2, 0.25) is 0 Å². The lowest BCUT2D eigenvalue weighted by Crippen LogP contribution is -2.14. The van der Waals surface area contributed by atoms with Gasteiger partial charge in [-0.2, -0.15) is 0 Å². The van der Waals surface area contributed by atoms with Crippen LogP contribution in [-0.2, 0) is 39.8 Å². The van der Waals surface area contributed by atoms with Crippen molar-refractivity contribution in [3.8, 4) is 18.1 Å². The molecule has 0 heterocycles. The van der Waals surface area contributed by atoms with Crippen molar-refractivity contribution >= 4 is 0 Å². The lowest BCUT2D eigenvalue weighted by Gasteiger charge is -2.08. The van der Waals surface area contributed by atoms with Crippen LogP contribution >= 0.6 is 0 Å². The van der Waals surface area contributed by atoms with Gasteiger partial charge in [-0.25, -0.2) is 0 Å². The molecular weight excluding hydrogens is 404 g/mol. The second-order valence-corrected chi connectivity index (χ2v) is 6.22. The minimum Gasteiger partial charge on any atom is -0.497 e. The zero-order valence-corrected chi connectivity index (χ0v) is 18.6. The summed E-state index contributed by atoms with van der Waals surface area (Å²) in [5.41, 5.74) is 1.10. The lowest BCUT2D eigenvalue weighted by atomic mass is 10.2. The molecule has 0 spiro atoms. The molecule has 31 heavy (non-hydrogen) atoms. The van der Waals surface area contributed by atoms with E-state index >= 15 is 0 Å². The van der Waals surface area contributed by atoms with E-state index in [9.17, 15) is 0 Å². The Morgan fingerprint density at radius 3 is 1.35 bits per heavy atom. The Balaban J connectivity index is 1.71. The molecule has 0 N–H and O–H groups in total. The van der Waals surface area contributed by atoms with Crippen LogP contribution in [0.3, 0.4) is 0 Å². The van der Waals surface area contributed by atoms with Crippen molar-refractivity contribution in [2.75, 3.05) is 93.0 Å². The summed E-state index contributed by atoms with van der Waals surface area (Å²) >= 11 is 0. The van der Waals surface area contributed by atoms with Crippen LogP contribution in [0.25, 0.3) is 0 Å². The molecule has 0 aliphatic heterocycles. The summed E-state index contributed by atoms with van der Waals surface area (Å²) in [6, 6.07) is 7.80. The van der Waals surface area contributed by atoms with Gasteiger partial charge in [0, 0.05) is 0 Å². The first-order valence-corrected chi connectivity index (χ1v) is 10.5. The molecule has 1 aromatic rings. The third-order valence-corrected chi connectivity index (χ3v) is 3.85. The molecule has 0 atom stereocenters. The van der Waals surface area contributed by atoms with Gasteiger partial charge in [0.15, 0.2) is 0 Å². The van der Waals surface area contributed by atoms with Crippen LogP contribution in [-0.4, -0.2) is 93.0 Å². The minimum atomic E-state index is 0.314. The highest BCUT2D eigenvalue weighted by Crippen LogP contribution is 2.11. The summed E-state index contributed by atoms with van der Waals surface area (Å²) in [4.78, 5) is 0. The highest BCUT2D eigenvalue weighted by molar-refractivity contribution is 5.26. The highest BCUT2D eigenvalue weighted by atomic mass is 16.6. The smallest absolute Gasteiger partial charge is 0.118 e. The predicted octanol–water partition coefficient (Wildman–Crippen LogP) is 1.94. The van der Waals surface area contributed by atoms with Crippen molar-refractivity contribution in [3.63, 3.8) is 0 Å². The molecule has 0 aliphatic carbocycles. The normalized spacial score (nSPS) is 10.8. The summed E-state index contributed by atoms with van der Waals surface area (Å²) < 4.78 is 42.8. The number of methoxy groups -OCH3 is 1. The molecule has 0 bridgehead atoms. The van der Waals surface area contributed by atoms with Crippen LogP contribution in [0.5, 0.6) is 5.75 Å². The average molecular weight is 441 g/mol. The Hall–Kier alpha value is -1.70. The second-order valence-electron chi connectivity index (χ2n) is 6.22. The Morgan fingerprint density at radius 2 is 0.968 bits per heavy atom. The van der Waals surface area contributed by atoms with Crippen molar-refractivity contribution in [2.24, 2.45) is 0 Å². The quantitative estimate of drug-likeness (QED) is 0.200. The van der Waals surface area contributed by atoms with Crippen LogP contribution in [0, 0.1) is 12.3 Å². The first kappa shape index (κ1) is 27.3. The van der Waals surface area contributed by atoms with E-state index in [2.05, 4.69) is 5.92 Å². The molecule has 8 nitrogen and oxygen atoms in total. The predicted molar refractivity (Wildman–Crippen MR) is 116 cm³/mol. The fraction of sp³-hybridized carbons (Fsp3) is 0.652. The van der Waals surface area contributed by atoms with E-state index in [0.29, 0.717) is 92.5 Å². The van der Waals surface area contributed by atoms with Gasteiger partial charge >= 0.3 is 0 Å². The first-order chi connectivity index (χ1) is 15.4. The zero-order chi connectivity index (χ0) is 22.2. The van der Waals surface area contributed by atoms with Crippen molar-refractivity contribution in [1.29, 1.82) is 0 Å². The Morgan fingerprint density at radius 1 is 0.581 bits per heavy atom. The van der Waals surface area contributed by atoms with Crippen LogP contribution in [0.4, 0.5) is 0 Å². The molecule has 0 radical (unpaired) electrons. The largest absolute Gasteiger partial charge is 0.497 e. The lowest BCUT2D eigenvalue weighted by molar-refractivity contribution is -0.0204. The maximum absolute atomic E-state index is 5.57. The second kappa shape index (κ2) is 21.5. The van der Waals surface area contributed by atoms with E-state index in [1.54, 1.807) is 7.11 Å². The SMILES string of the molecule is C#CCOCCOCCOCCOCCOCCOCCOCc1ccc(OC)cc1. The van der Waals surface area contributed by atoms with Crippen LogP contribution in [0.1, 0.15) is 5.56 Å². The summed E-state index contributed by atoms with van der Waals surface area (Å²) in [7, 11) is 1.65. The maximum Gasteiger partial charge on any atom is 0.118 e. The van der Waals surface area contributed by atoms with Gasteiger partial charge in [-0.15, -0.1) is 6.42 Å². The average Bonchev–Trinajstić information content (AvgIpc) is 2.80. The van der Waals surface area contributed by atoms with Crippen LogP contribution in [0.2, 0.25) is 0 Å². The fourth-order valence-electron chi connectivity index (χ4n) is 2.26.